The van der Waals surface area contributed by atoms with Crippen molar-refractivity contribution >= 4 is 23.4 Å². The maximum absolute atomic E-state index is 13.8. The first-order valence-electron chi connectivity index (χ1n) is 15.4. The molecule has 3 atom stereocenters. The molecule has 3 amide bonds. The molecule has 5 rings (SSSR count). The molecule has 8 heteroatoms. The number of nitrogens with one attached hydrogen (secondary N) is 3. The van der Waals surface area contributed by atoms with E-state index in [-0.39, 0.29) is 29.7 Å². The molecule has 0 aliphatic carbocycles. The van der Waals surface area contributed by atoms with Crippen LogP contribution in [0.15, 0.2) is 66.7 Å². The van der Waals surface area contributed by atoms with Crippen LogP contribution in [0.25, 0.3) is 0 Å². The molecule has 0 unspecified atom stereocenters. The number of hydrogen-bond donors (Lipinski definition) is 3. The fourth-order valence-corrected chi connectivity index (χ4v) is 6.43. The van der Waals surface area contributed by atoms with Crippen molar-refractivity contribution in [1.82, 2.24) is 15.5 Å². The molecule has 0 aromatic heterocycles. The van der Waals surface area contributed by atoms with Gasteiger partial charge in [-0.15, -0.1) is 0 Å². The molecule has 0 saturated carbocycles. The standard InChI is InChI=1S/C34H44N4O4/c1-2-25-11-13-28(14-12-25)35-31(39)24-38-19-15-29-27(23-38)10-6-7-16-34(17-20-42-21-18-34)33(41)37-30(32(40)36-29)22-26-8-4-3-5-9-26/h3-9,11-14,27,29-30H,2,10,15-24H2,1H3,(H,35,39)(H,36,40)(H,37,41)/b7-6+/t27-,29-,30-/m0/s1. The Bertz CT molecular complexity index is 1240. The third-order valence-corrected chi connectivity index (χ3v) is 9.11. The lowest BCUT2D eigenvalue weighted by Crippen LogP contribution is -2.58. The molecule has 1 spiro atoms. The lowest BCUT2D eigenvalue weighted by atomic mass is 9.75. The molecule has 2 fully saturated rings. The SMILES string of the molecule is CCc1ccc(NC(=O)CN2CC[C@@H]3NC(=O)[C@H](Cc4ccccc4)NC(=O)C4(C/C=C/C[C@H]3C2)CCOCC4)cc1. The summed E-state index contributed by atoms with van der Waals surface area (Å²) in [7, 11) is 0. The van der Waals surface area contributed by atoms with Crippen LogP contribution in [0.3, 0.4) is 0 Å². The molecule has 0 bridgehead atoms. The number of hydrogen-bond acceptors (Lipinski definition) is 5. The second kappa shape index (κ2) is 14.1. The lowest BCUT2D eigenvalue weighted by Gasteiger charge is -2.40. The van der Waals surface area contributed by atoms with Gasteiger partial charge in [0.05, 0.1) is 12.0 Å². The predicted molar refractivity (Wildman–Crippen MR) is 164 cm³/mol. The number of carbonyl (C=O) groups excluding carboxylic acids is 3. The molecular weight excluding hydrogens is 528 g/mol. The van der Waals surface area contributed by atoms with E-state index in [4.69, 9.17) is 4.74 Å². The maximum atomic E-state index is 13.8. The molecule has 3 N–H and O–H groups in total. The minimum atomic E-state index is -0.661. The number of likely N-dealkylation sites (tertiary alicyclic amines) is 1. The van der Waals surface area contributed by atoms with Crippen molar-refractivity contribution in [2.24, 2.45) is 11.3 Å². The van der Waals surface area contributed by atoms with E-state index >= 15 is 0 Å². The summed E-state index contributed by atoms with van der Waals surface area (Å²) in [5.74, 6) is -0.0734. The topological polar surface area (TPSA) is 99.8 Å². The summed E-state index contributed by atoms with van der Waals surface area (Å²) >= 11 is 0. The first-order chi connectivity index (χ1) is 20.4. The Labute approximate surface area is 249 Å². The summed E-state index contributed by atoms with van der Waals surface area (Å²) in [5, 5.41) is 9.48. The summed E-state index contributed by atoms with van der Waals surface area (Å²) < 4.78 is 5.60. The van der Waals surface area contributed by atoms with Crippen LogP contribution in [0.5, 0.6) is 0 Å². The van der Waals surface area contributed by atoms with Crippen LogP contribution in [-0.4, -0.2) is 67.6 Å². The van der Waals surface area contributed by atoms with Crippen LogP contribution in [0.2, 0.25) is 0 Å². The third kappa shape index (κ3) is 7.66. The number of allylic oxidation sites excluding steroid dienone is 2. The highest BCUT2D eigenvalue weighted by Crippen LogP contribution is 2.36. The maximum Gasteiger partial charge on any atom is 0.243 e. The molecule has 2 aromatic carbocycles. The van der Waals surface area contributed by atoms with Crippen LogP contribution in [0, 0.1) is 11.3 Å². The Kier molecular flexibility index (Phi) is 10.1. The fourth-order valence-electron chi connectivity index (χ4n) is 6.43. The minimum Gasteiger partial charge on any atom is -0.381 e. The summed E-state index contributed by atoms with van der Waals surface area (Å²) in [6.07, 6.45) is 9.13. The summed E-state index contributed by atoms with van der Waals surface area (Å²) in [6.45, 7) is 4.94. The van der Waals surface area contributed by atoms with Gasteiger partial charge in [0.25, 0.3) is 0 Å². The minimum absolute atomic E-state index is 0.0301. The van der Waals surface area contributed by atoms with Gasteiger partial charge in [-0.1, -0.05) is 61.5 Å². The molecule has 42 heavy (non-hydrogen) atoms. The summed E-state index contributed by atoms with van der Waals surface area (Å²) in [4.78, 5) is 42.6. The molecule has 0 radical (unpaired) electrons. The smallest absolute Gasteiger partial charge is 0.243 e. The van der Waals surface area contributed by atoms with Crippen LogP contribution in [0.4, 0.5) is 5.69 Å². The Balaban J connectivity index is 1.29. The van der Waals surface area contributed by atoms with Crippen molar-refractivity contribution < 1.29 is 19.1 Å². The predicted octanol–water partition coefficient (Wildman–Crippen LogP) is 3.87. The van der Waals surface area contributed by atoms with E-state index < -0.39 is 11.5 Å². The second-order valence-electron chi connectivity index (χ2n) is 12.0. The Morgan fingerprint density at radius 1 is 1.00 bits per heavy atom. The van der Waals surface area contributed by atoms with Crippen molar-refractivity contribution in [3.05, 3.63) is 77.9 Å². The van der Waals surface area contributed by atoms with Gasteiger partial charge in [-0.25, -0.2) is 0 Å². The highest BCUT2D eigenvalue weighted by atomic mass is 16.5. The molecule has 3 aliphatic heterocycles. The van der Waals surface area contributed by atoms with Gasteiger partial charge in [0, 0.05) is 44.5 Å². The van der Waals surface area contributed by atoms with Gasteiger partial charge in [-0.2, -0.15) is 0 Å². The number of nitrogens with zero attached hydrogens (tertiary/aromatic N) is 1. The Morgan fingerprint density at radius 2 is 1.76 bits per heavy atom. The van der Waals surface area contributed by atoms with E-state index in [9.17, 15) is 14.4 Å². The summed E-state index contributed by atoms with van der Waals surface area (Å²) in [6, 6.07) is 17.1. The number of fused-ring (bicyclic) bond motifs is 1. The van der Waals surface area contributed by atoms with Crippen molar-refractivity contribution in [3.8, 4) is 0 Å². The molecule has 3 heterocycles. The average molecular weight is 573 g/mol. The van der Waals surface area contributed by atoms with Crippen LogP contribution >= 0.6 is 0 Å². The van der Waals surface area contributed by atoms with Crippen LogP contribution in [-0.2, 0) is 32.0 Å². The number of amides is 3. The summed E-state index contributed by atoms with van der Waals surface area (Å²) in [5.41, 5.74) is 2.48. The molecule has 3 aliphatic rings. The monoisotopic (exact) mass is 572 g/mol. The fraction of sp³-hybridized carbons (Fsp3) is 0.500. The molecule has 2 saturated heterocycles. The van der Waals surface area contributed by atoms with Gasteiger partial charge in [-0.3, -0.25) is 19.3 Å². The van der Waals surface area contributed by atoms with E-state index in [1.807, 2.05) is 54.6 Å². The zero-order valence-corrected chi connectivity index (χ0v) is 24.6. The van der Waals surface area contributed by atoms with Crippen molar-refractivity contribution in [2.45, 2.75) is 64.0 Å². The highest BCUT2D eigenvalue weighted by Gasteiger charge is 2.41. The van der Waals surface area contributed by atoms with Gasteiger partial charge in [0.1, 0.15) is 6.04 Å². The normalized spacial score (nSPS) is 25.7. The number of piperidine rings is 1. The van der Waals surface area contributed by atoms with E-state index in [2.05, 4.69) is 39.9 Å². The molecular formula is C34H44N4O4. The van der Waals surface area contributed by atoms with E-state index in [0.29, 0.717) is 58.5 Å². The van der Waals surface area contributed by atoms with Gasteiger partial charge < -0.3 is 20.7 Å². The first kappa shape index (κ1) is 30.0. The number of benzene rings is 2. The van der Waals surface area contributed by atoms with Crippen molar-refractivity contribution in [1.29, 1.82) is 0 Å². The Morgan fingerprint density at radius 3 is 2.50 bits per heavy atom. The van der Waals surface area contributed by atoms with Gasteiger partial charge in [-0.05, 0) is 67.7 Å². The first-order valence-corrected chi connectivity index (χ1v) is 15.4. The number of ether oxygens (including phenoxy) is 1. The quantitative estimate of drug-likeness (QED) is 0.457. The molecule has 2 aromatic rings. The average Bonchev–Trinajstić information content (AvgIpc) is 3.01. The number of anilines is 1. The molecule has 224 valence electrons. The number of rotatable bonds is 6. The zero-order chi connectivity index (χ0) is 29.4. The number of carbonyl (C=O) groups is 3. The van der Waals surface area contributed by atoms with Crippen LogP contribution < -0.4 is 16.0 Å². The Hall–Kier alpha value is -3.49. The van der Waals surface area contributed by atoms with Gasteiger partial charge >= 0.3 is 0 Å². The van der Waals surface area contributed by atoms with E-state index in [1.165, 1.54) is 5.56 Å². The lowest BCUT2D eigenvalue weighted by molar-refractivity contribution is -0.140. The molecule has 8 nitrogen and oxygen atoms in total. The van der Waals surface area contributed by atoms with Crippen molar-refractivity contribution in [3.63, 3.8) is 0 Å². The number of aryl methyl sites for hydroxylation is 1. The largest absolute Gasteiger partial charge is 0.381 e. The highest BCUT2D eigenvalue weighted by molar-refractivity contribution is 5.92. The van der Waals surface area contributed by atoms with E-state index in [1.54, 1.807) is 0 Å². The zero-order valence-electron chi connectivity index (χ0n) is 24.6. The van der Waals surface area contributed by atoms with Gasteiger partial charge in [0.2, 0.25) is 17.7 Å². The van der Waals surface area contributed by atoms with Crippen LogP contribution in [0.1, 0.15) is 50.2 Å². The second-order valence-corrected chi connectivity index (χ2v) is 12.0. The third-order valence-electron chi connectivity index (χ3n) is 9.11. The van der Waals surface area contributed by atoms with Crippen molar-refractivity contribution in [2.75, 3.05) is 38.2 Å². The van der Waals surface area contributed by atoms with Gasteiger partial charge in [0.15, 0.2) is 0 Å². The van der Waals surface area contributed by atoms with E-state index in [0.717, 1.165) is 30.5 Å².